The number of nitrogens with zero attached hydrogens (tertiary/aromatic N) is 1. The van der Waals surface area contributed by atoms with Crippen LogP contribution < -0.4 is 15.4 Å². The molecule has 2 N–H and O–H groups in total. The first-order valence-electron chi connectivity index (χ1n) is 7.57. The quantitative estimate of drug-likeness (QED) is 0.838. The molecule has 1 aromatic rings. The van der Waals surface area contributed by atoms with Crippen LogP contribution >= 0.6 is 0 Å². The summed E-state index contributed by atoms with van der Waals surface area (Å²) in [5.41, 5.74) is 0.787. The van der Waals surface area contributed by atoms with Gasteiger partial charge in [0.1, 0.15) is 12.4 Å². The largest absolute Gasteiger partial charge is 0.492 e. The number of benzene rings is 1. The van der Waals surface area contributed by atoms with Crippen molar-refractivity contribution in [2.24, 2.45) is 0 Å². The number of ether oxygens (including phenoxy) is 1. The van der Waals surface area contributed by atoms with E-state index in [9.17, 15) is 4.79 Å². The highest BCUT2D eigenvalue weighted by atomic mass is 16.5. The van der Waals surface area contributed by atoms with Crippen molar-refractivity contribution in [2.45, 2.75) is 25.3 Å². The molecule has 1 heterocycles. The third-order valence-corrected chi connectivity index (χ3v) is 3.54. The smallest absolute Gasteiger partial charge is 0.241 e. The normalized spacial score (nSPS) is 18.5. The first-order valence-corrected chi connectivity index (χ1v) is 7.57. The molecule has 0 unspecified atom stereocenters. The maximum atomic E-state index is 12.2. The van der Waals surface area contributed by atoms with Crippen molar-refractivity contribution in [3.63, 3.8) is 0 Å². The third kappa shape index (κ3) is 5.36. The van der Waals surface area contributed by atoms with Gasteiger partial charge in [-0.15, -0.1) is 0 Å². The van der Waals surface area contributed by atoms with E-state index in [1.165, 1.54) is 0 Å². The van der Waals surface area contributed by atoms with Gasteiger partial charge in [0.2, 0.25) is 5.91 Å². The van der Waals surface area contributed by atoms with Crippen LogP contribution in [-0.4, -0.2) is 50.6 Å². The Balaban J connectivity index is 1.86. The Morgan fingerprint density at radius 3 is 3.00 bits per heavy atom. The van der Waals surface area contributed by atoms with Crippen molar-refractivity contribution in [2.75, 3.05) is 39.1 Å². The van der Waals surface area contributed by atoms with Gasteiger partial charge in [0.15, 0.2) is 0 Å². The lowest BCUT2D eigenvalue weighted by atomic mass is 10.0. The highest BCUT2D eigenvalue weighted by molar-refractivity contribution is 5.95. The molecule has 2 rings (SSSR count). The molecule has 1 fully saturated rings. The minimum absolute atomic E-state index is 0.0418. The molecule has 1 aromatic carbocycles. The Hall–Kier alpha value is -1.59. The molecule has 1 atom stereocenters. The minimum Gasteiger partial charge on any atom is -0.492 e. The Bertz CT molecular complexity index is 457. The SMILES string of the molecule is CN(C)CCOc1cccc(NC(=O)[C@@H]2CCCCN2)c1. The fourth-order valence-electron chi connectivity index (χ4n) is 2.31. The summed E-state index contributed by atoms with van der Waals surface area (Å²) in [5.74, 6) is 0.825. The van der Waals surface area contributed by atoms with E-state index in [-0.39, 0.29) is 11.9 Å². The summed E-state index contributed by atoms with van der Waals surface area (Å²) in [6.45, 7) is 2.42. The summed E-state index contributed by atoms with van der Waals surface area (Å²) < 4.78 is 5.68. The fourth-order valence-corrected chi connectivity index (χ4v) is 2.31. The number of nitrogens with one attached hydrogen (secondary N) is 2. The van der Waals surface area contributed by atoms with E-state index in [4.69, 9.17) is 4.74 Å². The van der Waals surface area contributed by atoms with Gasteiger partial charge in [0.25, 0.3) is 0 Å². The number of carbonyl (C=O) groups is 1. The fraction of sp³-hybridized carbons (Fsp3) is 0.562. The van der Waals surface area contributed by atoms with Gasteiger partial charge in [-0.25, -0.2) is 0 Å². The number of carbonyl (C=O) groups excluding carboxylic acids is 1. The number of anilines is 1. The zero-order chi connectivity index (χ0) is 15.1. The summed E-state index contributed by atoms with van der Waals surface area (Å²) in [7, 11) is 4.02. The van der Waals surface area contributed by atoms with Crippen molar-refractivity contribution in [3.8, 4) is 5.75 Å². The summed E-state index contributed by atoms with van der Waals surface area (Å²) in [4.78, 5) is 14.2. The van der Waals surface area contributed by atoms with E-state index in [2.05, 4.69) is 15.5 Å². The van der Waals surface area contributed by atoms with Crippen LogP contribution in [0.2, 0.25) is 0 Å². The second kappa shape index (κ2) is 8.00. The molecule has 0 aliphatic carbocycles. The van der Waals surface area contributed by atoms with Crippen LogP contribution in [-0.2, 0) is 4.79 Å². The highest BCUT2D eigenvalue weighted by Crippen LogP contribution is 2.18. The Morgan fingerprint density at radius 2 is 2.29 bits per heavy atom. The molecule has 1 aliphatic heterocycles. The molecule has 0 spiro atoms. The van der Waals surface area contributed by atoms with Crippen LogP contribution in [0.15, 0.2) is 24.3 Å². The van der Waals surface area contributed by atoms with Crippen LogP contribution in [0.5, 0.6) is 5.75 Å². The van der Waals surface area contributed by atoms with Crippen LogP contribution in [0.1, 0.15) is 19.3 Å². The van der Waals surface area contributed by atoms with Crippen molar-refractivity contribution >= 4 is 11.6 Å². The predicted molar refractivity (Wildman–Crippen MR) is 84.8 cm³/mol. The summed E-state index contributed by atoms with van der Waals surface area (Å²) in [6, 6.07) is 7.49. The topological polar surface area (TPSA) is 53.6 Å². The molecule has 0 saturated carbocycles. The van der Waals surface area contributed by atoms with Gasteiger partial charge in [0.05, 0.1) is 6.04 Å². The van der Waals surface area contributed by atoms with Gasteiger partial charge in [-0.2, -0.15) is 0 Å². The van der Waals surface area contributed by atoms with E-state index in [1.807, 2.05) is 38.4 Å². The van der Waals surface area contributed by atoms with Crippen molar-refractivity contribution < 1.29 is 9.53 Å². The van der Waals surface area contributed by atoms with E-state index >= 15 is 0 Å². The first-order chi connectivity index (χ1) is 10.1. The van der Waals surface area contributed by atoms with E-state index in [0.29, 0.717) is 6.61 Å². The number of amides is 1. The lowest BCUT2D eigenvalue weighted by Gasteiger charge is -2.22. The zero-order valence-electron chi connectivity index (χ0n) is 12.9. The summed E-state index contributed by atoms with van der Waals surface area (Å²) in [6.07, 6.45) is 3.17. The lowest BCUT2D eigenvalue weighted by Crippen LogP contribution is -2.43. The van der Waals surface area contributed by atoms with Gasteiger partial charge in [-0.1, -0.05) is 12.5 Å². The Labute approximate surface area is 126 Å². The van der Waals surface area contributed by atoms with Gasteiger partial charge in [-0.3, -0.25) is 4.79 Å². The standard InChI is InChI=1S/C16H25N3O2/c1-19(2)10-11-21-14-7-5-6-13(12-14)18-16(20)15-8-3-4-9-17-15/h5-7,12,15,17H,3-4,8-11H2,1-2H3,(H,18,20)/t15-/m0/s1. The van der Waals surface area contributed by atoms with Crippen molar-refractivity contribution in [1.82, 2.24) is 10.2 Å². The van der Waals surface area contributed by atoms with Crippen molar-refractivity contribution in [3.05, 3.63) is 24.3 Å². The van der Waals surface area contributed by atoms with Gasteiger partial charge in [0, 0.05) is 18.3 Å². The summed E-state index contributed by atoms with van der Waals surface area (Å²) >= 11 is 0. The van der Waals surface area contributed by atoms with Gasteiger partial charge in [-0.05, 0) is 45.6 Å². The number of rotatable bonds is 6. The van der Waals surface area contributed by atoms with E-state index in [0.717, 1.165) is 43.8 Å². The zero-order valence-corrected chi connectivity index (χ0v) is 12.9. The van der Waals surface area contributed by atoms with Crippen LogP contribution in [0.4, 0.5) is 5.69 Å². The van der Waals surface area contributed by atoms with E-state index < -0.39 is 0 Å². The minimum atomic E-state index is -0.0722. The molecule has 0 aromatic heterocycles. The number of hydrogen-bond donors (Lipinski definition) is 2. The molecule has 1 amide bonds. The molecule has 5 nitrogen and oxygen atoms in total. The average Bonchev–Trinajstić information content (AvgIpc) is 2.48. The number of likely N-dealkylation sites (N-methyl/N-ethyl adjacent to an activating group) is 1. The molecule has 116 valence electrons. The number of hydrogen-bond acceptors (Lipinski definition) is 4. The van der Waals surface area contributed by atoms with Crippen LogP contribution in [0.25, 0.3) is 0 Å². The Morgan fingerprint density at radius 1 is 1.43 bits per heavy atom. The summed E-state index contributed by atoms with van der Waals surface area (Å²) in [5, 5.41) is 6.21. The molecule has 5 heteroatoms. The average molecular weight is 291 g/mol. The highest BCUT2D eigenvalue weighted by Gasteiger charge is 2.20. The third-order valence-electron chi connectivity index (χ3n) is 3.54. The maximum absolute atomic E-state index is 12.2. The lowest BCUT2D eigenvalue weighted by molar-refractivity contribution is -0.118. The monoisotopic (exact) mass is 291 g/mol. The maximum Gasteiger partial charge on any atom is 0.241 e. The molecule has 0 bridgehead atoms. The van der Waals surface area contributed by atoms with Crippen molar-refractivity contribution in [1.29, 1.82) is 0 Å². The van der Waals surface area contributed by atoms with Crippen LogP contribution in [0.3, 0.4) is 0 Å². The molecule has 21 heavy (non-hydrogen) atoms. The molecular weight excluding hydrogens is 266 g/mol. The number of piperidine rings is 1. The van der Waals surface area contributed by atoms with Crippen LogP contribution in [0, 0.1) is 0 Å². The Kier molecular flexibility index (Phi) is 6.02. The van der Waals surface area contributed by atoms with E-state index in [1.54, 1.807) is 0 Å². The second-order valence-electron chi connectivity index (χ2n) is 5.67. The molecule has 0 radical (unpaired) electrons. The molecule has 1 saturated heterocycles. The second-order valence-corrected chi connectivity index (χ2v) is 5.67. The predicted octanol–water partition coefficient (Wildman–Crippen LogP) is 1.71. The molecular formula is C16H25N3O2. The first kappa shape index (κ1) is 15.8. The van der Waals surface area contributed by atoms with Gasteiger partial charge < -0.3 is 20.3 Å². The van der Waals surface area contributed by atoms with Gasteiger partial charge >= 0.3 is 0 Å². The molecule has 1 aliphatic rings.